The topological polar surface area (TPSA) is 79.0 Å². The number of likely N-dealkylation sites (tertiary alicyclic amines) is 1. The molecule has 0 unspecified atom stereocenters. The van der Waals surface area contributed by atoms with E-state index >= 15 is 0 Å². The Bertz CT molecular complexity index is 1110. The van der Waals surface area contributed by atoms with E-state index in [1.54, 1.807) is 45.2 Å². The van der Waals surface area contributed by atoms with Crippen LogP contribution in [0.3, 0.4) is 0 Å². The average molecular weight is 514 g/mol. The van der Waals surface area contributed by atoms with Gasteiger partial charge in [0.15, 0.2) is 0 Å². The van der Waals surface area contributed by atoms with E-state index in [9.17, 15) is 26.4 Å². The van der Waals surface area contributed by atoms with Gasteiger partial charge in [-0.25, -0.2) is 8.42 Å². The molecule has 0 aliphatic carbocycles. The first-order valence-corrected chi connectivity index (χ1v) is 12.7. The van der Waals surface area contributed by atoms with Crippen molar-refractivity contribution in [2.45, 2.75) is 49.8 Å². The Morgan fingerprint density at radius 2 is 1.77 bits per heavy atom. The van der Waals surface area contributed by atoms with E-state index in [-0.39, 0.29) is 23.4 Å². The maximum Gasteiger partial charge on any atom is 0.416 e. The van der Waals surface area contributed by atoms with Gasteiger partial charge >= 0.3 is 6.18 Å². The normalized spacial score (nSPS) is 16.0. The van der Waals surface area contributed by atoms with Crippen molar-refractivity contribution in [2.24, 2.45) is 0 Å². The minimum absolute atomic E-state index is 0.154. The molecular weight excluding hydrogens is 483 g/mol. The zero-order chi connectivity index (χ0) is 25.8. The molecule has 2 aromatic carbocycles. The molecule has 1 N–H and O–H groups in total. The first-order valence-electron chi connectivity index (χ1n) is 11.3. The van der Waals surface area contributed by atoms with Crippen molar-refractivity contribution >= 4 is 21.6 Å². The maximum absolute atomic E-state index is 13.3. The van der Waals surface area contributed by atoms with E-state index in [1.165, 1.54) is 10.4 Å². The van der Waals surface area contributed by atoms with Crippen LogP contribution in [-0.2, 0) is 21.0 Å². The number of nitrogens with one attached hydrogen (secondary N) is 1. The van der Waals surface area contributed by atoms with Gasteiger partial charge in [-0.15, -0.1) is 0 Å². The van der Waals surface area contributed by atoms with Crippen LogP contribution in [-0.4, -0.2) is 62.4 Å². The van der Waals surface area contributed by atoms with Crippen molar-refractivity contribution < 1.29 is 31.1 Å². The molecule has 0 atom stereocenters. The Kier molecular flexibility index (Phi) is 8.45. The molecule has 0 spiro atoms. The lowest BCUT2D eigenvalue weighted by molar-refractivity contribution is -0.137. The number of amides is 1. The van der Waals surface area contributed by atoms with Gasteiger partial charge in [-0.3, -0.25) is 9.69 Å². The molecule has 3 rings (SSSR count). The van der Waals surface area contributed by atoms with Gasteiger partial charge in [-0.2, -0.15) is 17.5 Å². The Balaban J connectivity index is 1.64. The van der Waals surface area contributed by atoms with Gasteiger partial charge in [0.25, 0.3) is 0 Å². The number of nitrogens with zero attached hydrogens (tertiary/aromatic N) is 2. The Labute approximate surface area is 203 Å². The number of alkyl halides is 3. The third kappa shape index (κ3) is 6.74. The number of hydrogen-bond donors (Lipinski definition) is 1. The first-order chi connectivity index (χ1) is 16.4. The number of rotatable bonds is 8. The molecule has 0 aromatic heterocycles. The van der Waals surface area contributed by atoms with Crippen molar-refractivity contribution in [3.63, 3.8) is 0 Å². The highest BCUT2D eigenvalue weighted by Crippen LogP contribution is 2.33. The number of ether oxygens (including phenoxy) is 1. The van der Waals surface area contributed by atoms with Crippen LogP contribution >= 0.6 is 0 Å². The number of hydrogen-bond acceptors (Lipinski definition) is 5. The van der Waals surface area contributed by atoms with Crippen molar-refractivity contribution in [1.29, 1.82) is 0 Å². The Morgan fingerprint density at radius 1 is 1.14 bits per heavy atom. The molecule has 7 nitrogen and oxygen atoms in total. The van der Waals surface area contributed by atoms with Gasteiger partial charge in [0.1, 0.15) is 5.75 Å². The van der Waals surface area contributed by atoms with Crippen molar-refractivity contribution in [1.82, 2.24) is 9.21 Å². The zero-order valence-electron chi connectivity index (χ0n) is 19.9. The number of carbonyl (C=O) groups is 1. The SMILES string of the molecule is COc1ccc(NC(=O)CN2CCC(N(C(C)C)S(=O)(=O)c3cccc(C(F)(F)F)c3)CC2)cc1. The van der Waals surface area contributed by atoms with Crippen LogP contribution in [0.5, 0.6) is 5.75 Å². The summed E-state index contributed by atoms with van der Waals surface area (Å²) in [6.45, 7) is 4.55. The molecule has 1 fully saturated rings. The molecule has 1 saturated heterocycles. The molecule has 0 saturated carbocycles. The Morgan fingerprint density at radius 3 is 2.31 bits per heavy atom. The fraction of sp³-hybridized carbons (Fsp3) is 0.458. The quantitative estimate of drug-likeness (QED) is 0.572. The van der Waals surface area contributed by atoms with Gasteiger partial charge in [0, 0.05) is 30.9 Å². The highest BCUT2D eigenvalue weighted by Gasteiger charge is 2.37. The van der Waals surface area contributed by atoms with Gasteiger partial charge in [-0.05, 0) is 69.2 Å². The highest BCUT2D eigenvalue weighted by atomic mass is 32.2. The minimum Gasteiger partial charge on any atom is -0.497 e. The summed E-state index contributed by atoms with van der Waals surface area (Å²) in [6.07, 6.45) is -3.70. The monoisotopic (exact) mass is 513 g/mol. The number of benzene rings is 2. The fourth-order valence-corrected chi connectivity index (χ4v) is 6.19. The standard InChI is InChI=1S/C24H30F3N3O4S/c1-17(2)30(35(32,33)22-6-4-5-18(15-22)24(25,26)27)20-11-13-29(14-12-20)16-23(31)28-19-7-9-21(34-3)10-8-19/h4-10,15,17,20H,11-14,16H2,1-3H3,(H,28,31). The lowest BCUT2D eigenvalue weighted by Gasteiger charge is -2.39. The summed E-state index contributed by atoms with van der Waals surface area (Å²) in [5.74, 6) is 0.491. The number of piperidine rings is 1. The molecule has 1 amide bonds. The summed E-state index contributed by atoms with van der Waals surface area (Å²) in [6, 6.07) is 9.98. The van der Waals surface area contributed by atoms with E-state index in [0.717, 1.165) is 12.1 Å². The van der Waals surface area contributed by atoms with Crippen LogP contribution in [0, 0.1) is 0 Å². The number of methoxy groups -OCH3 is 1. The molecule has 35 heavy (non-hydrogen) atoms. The van der Waals surface area contributed by atoms with Gasteiger partial charge in [-0.1, -0.05) is 6.07 Å². The summed E-state index contributed by atoms with van der Waals surface area (Å²) in [5, 5.41) is 2.82. The summed E-state index contributed by atoms with van der Waals surface area (Å²) < 4.78 is 72.5. The van der Waals surface area contributed by atoms with Crippen LogP contribution in [0.4, 0.5) is 18.9 Å². The van der Waals surface area contributed by atoms with Gasteiger partial charge in [0.2, 0.25) is 15.9 Å². The van der Waals surface area contributed by atoms with Crippen LogP contribution in [0.2, 0.25) is 0 Å². The minimum atomic E-state index is -4.63. The van der Waals surface area contributed by atoms with Crippen LogP contribution in [0.15, 0.2) is 53.4 Å². The molecular formula is C24H30F3N3O4S. The zero-order valence-corrected chi connectivity index (χ0v) is 20.7. The van der Waals surface area contributed by atoms with Gasteiger partial charge in [0.05, 0.1) is 24.1 Å². The second-order valence-electron chi connectivity index (χ2n) is 8.74. The van der Waals surface area contributed by atoms with E-state index in [1.807, 2.05) is 4.90 Å². The second kappa shape index (κ2) is 11.0. The molecule has 0 radical (unpaired) electrons. The Hall–Kier alpha value is -2.63. The van der Waals surface area contributed by atoms with E-state index in [2.05, 4.69) is 5.32 Å². The molecule has 11 heteroatoms. The molecule has 1 aliphatic heterocycles. The average Bonchev–Trinajstić information content (AvgIpc) is 2.80. The highest BCUT2D eigenvalue weighted by molar-refractivity contribution is 7.89. The van der Waals surface area contributed by atoms with Crippen molar-refractivity contribution in [3.8, 4) is 5.75 Å². The predicted octanol–water partition coefficient (Wildman–Crippen LogP) is 4.22. The third-order valence-electron chi connectivity index (χ3n) is 5.90. The summed E-state index contributed by atoms with van der Waals surface area (Å²) in [4.78, 5) is 14.0. The molecule has 1 aliphatic rings. The molecule has 2 aromatic rings. The van der Waals surface area contributed by atoms with Crippen molar-refractivity contribution in [3.05, 3.63) is 54.1 Å². The number of sulfonamides is 1. The predicted molar refractivity (Wildman–Crippen MR) is 127 cm³/mol. The largest absolute Gasteiger partial charge is 0.497 e. The number of halogens is 3. The third-order valence-corrected chi connectivity index (χ3v) is 8.03. The number of anilines is 1. The fourth-order valence-electron chi connectivity index (χ4n) is 4.26. The maximum atomic E-state index is 13.3. The summed E-state index contributed by atoms with van der Waals surface area (Å²) in [5.41, 5.74) is -0.358. The van der Waals surface area contributed by atoms with E-state index < -0.39 is 27.8 Å². The van der Waals surface area contributed by atoms with Crippen LogP contribution in [0.1, 0.15) is 32.3 Å². The molecule has 1 heterocycles. The van der Waals surface area contributed by atoms with Crippen LogP contribution < -0.4 is 10.1 Å². The lowest BCUT2D eigenvalue weighted by Crippen LogP contribution is -2.51. The van der Waals surface area contributed by atoms with E-state index in [4.69, 9.17) is 4.74 Å². The second-order valence-corrected chi connectivity index (χ2v) is 10.6. The first kappa shape index (κ1) is 27.0. The smallest absolute Gasteiger partial charge is 0.416 e. The van der Waals surface area contributed by atoms with Crippen LogP contribution in [0.25, 0.3) is 0 Å². The summed E-state index contributed by atoms with van der Waals surface area (Å²) in [7, 11) is -2.59. The van der Waals surface area contributed by atoms with E-state index in [0.29, 0.717) is 43.4 Å². The number of carbonyl (C=O) groups excluding carboxylic acids is 1. The summed E-state index contributed by atoms with van der Waals surface area (Å²) >= 11 is 0. The molecule has 0 bridgehead atoms. The van der Waals surface area contributed by atoms with Crippen molar-refractivity contribution in [2.75, 3.05) is 32.1 Å². The van der Waals surface area contributed by atoms with Gasteiger partial charge < -0.3 is 10.1 Å². The lowest BCUT2D eigenvalue weighted by atomic mass is 10.0. The molecule has 192 valence electrons.